The number of carbonyl (C=O) groups excluding carboxylic acids is 1. The first-order valence-corrected chi connectivity index (χ1v) is 10.4. The molecule has 6 heteroatoms. The van der Waals surface area contributed by atoms with Gasteiger partial charge in [0.15, 0.2) is 6.61 Å². The van der Waals surface area contributed by atoms with Crippen LogP contribution in [0.1, 0.15) is 12.1 Å². The molecular weight excluding hydrogens is 392 g/mol. The predicted molar refractivity (Wildman–Crippen MR) is 119 cm³/mol. The number of amides is 1. The van der Waals surface area contributed by atoms with Crippen LogP contribution >= 0.6 is 0 Å². The summed E-state index contributed by atoms with van der Waals surface area (Å²) >= 11 is 0. The van der Waals surface area contributed by atoms with Crippen molar-refractivity contribution in [3.63, 3.8) is 0 Å². The minimum Gasteiger partial charge on any atom is -0.488 e. The molecule has 6 nitrogen and oxygen atoms in total. The van der Waals surface area contributed by atoms with Gasteiger partial charge in [-0.3, -0.25) is 9.59 Å². The van der Waals surface area contributed by atoms with Crippen LogP contribution in [0.4, 0.5) is 0 Å². The van der Waals surface area contributed by atoms with Gasteiger partial charge in [-0.05, 0) is 36.2 Å². The molecule has 1 aliphatic rings. The number of benzene rings is 2. The molecule has 0 aliphatic carbocycles. The number of hydrogen-bond acceptors (Lipinski definition) is 4. The van der Waals surface area contributed by atoms with Crippen LogP contribution in [0.2, 0.25) is 0 Å². The van der Waals surface area contributed by atoms with E-state index in [0.29, 0.717) is 24.6 Å². The third kappa shape index (κ3) is 4.97. The van der Waals surface area contributed by atoms with Crippen molar-refractivity contribution in [2.75, 3.05) is 19.7 Å². The number of aromatic nitrogens is 1. The highest BCUT2D eigenvalue weighted by Crippen LogP contribution is 2.22. The van der Waals surface area contributed by atoms with Gasteiger partial charge in [-0.1, -0.05) is 42.5 Å². The summed E-state index contributed by atoms with van der Waals surface area (Å²) < 4.78 is 13.2. The van der Waals surface area contributed by atoms with Gasteiger partial charge in [0, 0.05) is 31.8 Å². The Kier molecular flexibility index (Phi) is 6.07. The van der Waals surface area contributed by atoms with E-state index < -0.39 is 0 Å². The van der Waals surface area contributed by atoms with Crippen LogP contribution in [0, 0.1) is 6.92 Å². The molecule has 1 amide bonds. The monoisotopic (exact) mass is 418 g/mol. The lowest BCUT2D eigenvalue weighted by atomic mass is 10.1. The smallest absolute Gasteiger partial charge is 0.260 e. The zero-order chi connectivity index (χ0) is 21.8. The van der Waals surface area contributed by atoms with Gasteiger partial charge in [-0.15, -0.1) is 0 Å². The average Bonchev–Trinajstić information content (AvgIpc) is 3.25. The number of aryl methyl sites for hydroxylation is 1. The second-order valence-electron chi connectivity index (χ2n) is 7.78. The van der Waals surface area contributed by atoms with Crippen LogP contribution in [0.3, 0.4) is 0 Å². The summed E-state index contributed by atoms with van der Waals surface area (Å²) in [5, 5.41) is 0. The van der Waals surface area contributed by atoms with E-state index in [4.69, 9.17) is 9.47 Å². The van der Waals surface area contributed by atoms with Crippen LogP contribution in [-0.2, 0) is 11.8 Å². The average molecular weight is 418 g/mol. The summed E-state index contributed by atoms with van der Waals surface area (Å²) in [4.78, 5) is 26.2. The molecule has 4 rings (SSSR count). The largest absolute Gasteiger partial charge is 0.488 e. The Bertz CT molecular complexity index is 1110. The van der Waals surface area contributed by atoms with Crippen LogP contribution in [0.5, 0.6) is 11.5 Å². The Labute approximate surface area is 181 Å². The molecule has 0 radical (unpaired) electrons. The molecule has 1 aliphatic heterocycles. The normalized spacial score (nSPS) is 15.7. The fourth-order valence-corrected chi connectivity index (χ4v) is 3.66. The van der Waals surface area contributed by atoms with Gasteiger partial charge in [0.25, 0.3) is 11.5 Å². The minimum absolute atomic E-state index is 0.0115. The molecule has 31 heavy (non-hydrogen) atoms. The minimum atomic E-state index is -0.124. The summed E-state index contributed by atoms with van der Waals surface area (Å²) in [6.07, 6.45) is 0.604. The third-order valence-corrected chi connectivity index (χ3v) is 5.60. The Morgan fingerprint density at radius 1 is 1.00 bits per heavy atom. The first-order chi connectivity index (χ1) is 15.0. The number of hydrogen-bond donors (Lipinski definition) is 0. The Morgan fingerprint density at radius 2 is 1.71 bits per heavy atom. The molecule has 160 valence electrons. The zero-order valence-corrected chi connectivity index (χ0v) is 17.8. The van der Waals surface area contributed by atoms with Crippen molar-refractivity contribution >= 4 is 5.91 Å². The lowest BCUT2D eigenvalue weighted by Gasteiger charge is -2.18. The highest BCUT2D eigenvalue weighted by atomic mass is 16.5. The summed E-state index contributed by atoms with van der Waals surface area (Å²) in [5.74, 6) is 1.14. The summed E-state index contributed by atoms with van der Waals surface area (Å²) in [6, 6.07) is 21.2. The number of pyridine rings is 1. The summed E-state index contributed by atoms with van der Waals surface area (Å²) in [6.45, 7) is 2.96. The van der Waals surface area contributed by atoms with Crippen molar-refractivity contribution < 1.29 is 14.3 Å². The number of rotatable bonds is 6. The molecule has 2 aromatic carbocycles. The number of likely N-dealkylation sites (tertiary alicyclic amines) is 1. The Hall–Kier alpha value is -3.54. The van der Waals surface area contributed by atoms with Crippen molar-refractivity contribution in [2.45, 2.75) is 19.4 Å². The Balaban J connectivity index is 1.28. The van der Waals surface area contributed by atoms with Crippen LogP contribution < -0.4 is 15.0 Å². The van der Waals surface area contributed by atoms with Crippen LogP contribution in [0.25, 0.3) is 11.1 Å². The van der Waals surface area contributed by atoms with E-state index in [-0.39, 0.29) is 24.2 Å². The standard InChI is InChI=1S/C25H26N2O4/c1-18-14-23(15-24(28)26(18)2)31-22-12-13-27(16-22)25(29)17-30-21-10-8-20(9-11-21)19-6-4-3-5-7-19/h3-11,14-15,22H,12-13,16-17H2,1-2H3. The molecule has 1 saturated heterocycles. The lowest BCUT2D eigenvalue weighted by Crippen LogP contribution is -2.34. The van der Waals surface area contributed by atoms with E-state index in [1.807, 2.05) is 55.5 Å². The Morgan fingerprint density at radius 3 is 2.42 bits per heavy atom. The fraction of sp³-hybridized carbons (Fsp3) is 0.280. The molecule has 0 saturated carbocycles. The molecular formula is C25H26N2O4. The van der Waals surface area contributed by atoms with Crippen molar-refractivity contribution in [1.82, 2.24) is 9.47 Å². The van der Waals surface area contributed by atoms with E-state index in [9.17, 15) is 9.59 Å². The molecule has 1 atom stereocenters. The van der Waals surface area contributed by atoms with Gasteiger partial charge in [0.2, 0.25) is 0 Å². The SMILES string of the molecule is Cc1cc(OC2CCN(C(=O)COc3ccc(-c4ccccc4)cc3)C2)cc(=O)n1C. The van der Waals surface area contributed by atoms with E-state index in [1.165, 1.54) is 6.07 Å². The predicted octanol–water partition coefficient (Wildman–Crippen LogP) is 3.42. The van der Waals surface area contributed by atoms with Crippen molar-refractivity contribution in [3.05, 3.63) is 82.8 Å². The maximum Gasteiger partial charge on any atom is 0.260 e. The van der Waals surface area contributed by atoms with Gasteiger partial charge < -0.3 is 18.9 Å². The fourth-order valence-electron chi connectivity index (χ4n) is 3.66. The quantitative estimate of drug-likeness (QED) is 0.616. The maximum absolute atomic E-state index is 12.5. The maximum atomic E-state index is 12.5. The van der Waals surface area contributed by atoms with Gasteiger partial charge in [-0.25, -0.2) is 0 Å². The van der Waals surface area contributed by atoms with Crippen LogP contribution in [0.15, 0.2) is 71.5 Å². The van der Waals surface area contributed by atoms with Crippen molar-refractivity contribution in [3.8, 4) is 22.6 Å². The van der Waals surface area contributed by atoms with Crippen molar-refractivity contribution in [2.24, 2.45) is 7.05 Å². The van der Waals surface area contributed by atoms with Crippen LogP contribution in [-0.4, -0.2) is 41.2 Å². The van der Waals surface area contributed by atoms with Gasteiger partial charge in [0.05, 0.1) is 6.54 Å². The topological polar surface area (TPSA) is 60.8 Å². The van der Waals surface area contributed by atoms with E-state index in [2.05, 4.69) is 12.1 Å². The molecule has 1 fully saturated rings. The lowest BCUT2D eigenvalue weighted by molar-refractivity contribution is -0.132. The van der Waals surface area contributed by atoms with E-state index in [1.54, 1.807) is 16.5 Å². The van der Waals surface area contributed by atoms with E-state index >= 15 is 0 Å². The molecule has 0 bridgehead atoms. The van der Waals surface area contributed by atoms with Gasteiger partial charge >= 0.3 is 0 Å². The molecule has 3 aromatic rings. The molecule has 2 heterocycles. The number of nitrogens with zero attached hydrogens (tertiary/aromatic N) is 2. The molecule has 0 N–H and O–H groups in total. The summed E-state index contributed by atoms with van der Waals surface area (Å²) in [7, 11) is 1.73. The second kappa shape index (κ2) is 9.08. The first-order valence-electron chi connectivity index (χ1n) is 10.4. The first kappa shape index (κ1) is 20.7. The third-order valence-electron chi connectivity index (χ3n) is 5.60. The molecule has 1 aromatic heterocycles. The molecule has 0 spiro atoms. The zero-order valence-electron chi connectivity index (χ0n) is 17.8. The van der Waals surface area contributed by atoms with Crippen molar-refractivity contribution in [1.29, 1.82) is 0 Å². The van der Waals surface area contributed by atoms with Gasteiger partial charge in [-0.2, -0.15) is 0 Å². The molecule has 1 unspecified atom stereocenters. The number of ether oxygens (including phenoxy) is 2. The summed E-state index contributed by atoms with van der Waals surface area (Å²) in [5.41, 5.74) is 2.97. The van der Waals surface area contributed by atoms with E-state index in [0.717, 1.165) is 23.2 Å². The highest BCUT2D eigenvalue weighted by Gasteiger charge is 2.28. The van der Waals surface area contributed by atoms with Gasteiger partial charge in [0.1, 0.15) is 17.6 Å². The second-order valence-corrected chi connectivity index (χ2v) is 7.78. The number of carbonyl (C=O) groups is 1. The highest BCUT2D eigenvalue weighted by molar-refractivity contribution is 5.78.